The topological polar surface area (TPSA) is 41.5 Å². The summed E-state index contributed by atoms with van der Waals surface area (Å²) in [4.78, 5) is 19.7. The van der Waals surface area contributed by atoms with Crippen molar-refractivity contribution in [1.82, 2.24) is 0 Å². The van der Waals surface area contributed by atoms with Crippen molar-refractivity contribution in [1.29, 1.82) is 0 Å². The highest BCUT2D eigenvalue weighted by molar-refractivity contribution is 7.16. The van der Waals surface area contributed by atoms with Gasteiger partial charge in [-0.05, 0) is 71.2 Å². The highest BCUT2D eigenvalue weighted by atomic mass is 35.5. The number of amides is 1. The Morgan fingerprint density at radius 1 is 1.06 bits per heavy atom. The van der Waals surface area contributed by atoms with Crippen molar-refractivity contribution < 1.29 is 4.79 Å². The maximum atomic E-state index is 13.5. The molecule has 3 aromatic carbocycles. The summed E-state index contributed by atoms with van der Waals surface area (Å²) in [6.45, 7) is 6.93. The monoisotopic (exact) mass is 500 g/mol. The maximum absolute atomic E-state index is 13.5. The molecule has 5 rings (SSSR count). The Bertz CT molecular complexity index is 1410. The van der Waals surface area contributed by atoms with Gasteiger partial charge in [0.15, 0.2) is 0 Å². The van der Waals surface area contributed by atoms with Gasteiger partial charge in [0.1, 0.15) is 5.00 Å². The van der Waals surface area contributed by atoms with Crippen molar-refractivity contribution in [2.75, 3.05) is 5.32 Å². The van der Waals surface area contributed by atoms with Gasteiger partial charge in [-0.15, -0.1) is 11.3 Å². The van der Waals surface area contributed by atoms with E-state index in [1.54, 1.807) is 23.5 Å². The van der Waals surface area contributed by atoms with Crippen molar-refractivity contribution in [2.24, 2.45) is 16.3 Å². The lowest BCUT2D eigenvalue weighted by Gasteiger charge is -2.33. The van der Waals surface area contributed by atoms with E-state index in [0.29, 0.717) is 16.5 Å². The summed E-state index contributed by atoms with van der Waals surface area (Å²) >= 11 is 7.70. The molecule has 1 heterocycles. The summed E-state index contributed by atoms with van der Waals surface area (Å²) in [5, 5.41) is 6.82. The van der Waals surface area contributed by atoms with E-state index in [9.17, 15) is 4.79 Å². The number of nitrogens with one attached hydrogen (secondary N) is 1. The Hall–Kier alpha value is -2.95. The summed E-state index contributed by atoms with van der Waals surface area (Å²) in [6, 6.07) is 21.7. The molecule has 0 saturated carbocycles. The molecule has 1 aromatic heterocycles. The summed E-state index contributed by atoms with van der Waals surface area (Å²) in [5.74, 6) is 0.486. The van der Waals surface area contributed by atoms with E-state index < -0.39 is 0 Å². The van der Waals surface area contributed by atoms with Gasteiger partial charge in [-0.3, -0.25) is 4.79 Å². The zero-order chi connectivity index (χ0) is 24.6. The lowest BCUT2D eigenvalue weighted by molar-refractivity contribution is 0.102. The summed E-state index contributed by atoms with van der Waals surface area (Å²) in [6.07, 6.45) is 4.89. The predicted octanol–water partition coefficient (Wildman–Crippen LogP) is 8.71. The van der Waals surface area contributed by atoms with Crippen LogP contribution in [0, 0.1) is 11.3 Å². The van der Waals surface area contributed by atoms with Crippen molar-refractivity contribution >= 4 is 56.5 Å². The number of nitrogens with zero attached hydrogens (tertiary/aromatic N) is 1. The van der Waals surface area contributed by atoms with E-state index >= 15 is 0 Å². The third-order valence-corrected chi connectivity index (χ3v) is 8.36. The standard InChI is InChI=1S/C30H29ClN2OS/c1-30(2,3)21-11-16-25-26(17-21)35-29(27(25)28(34)33-23-14-12-22(31)13-15-23)32-18-20-9-6-8-19-7-4-5-10-24(19)20/h4-10,12-15,18,21H,11,16-17H2,1-3H3,(H,33,34)/t21-/m0/s1. The van der Waals surface area contributed by atoms with Gasteiger partial charge in [0.2, 0.25) is 0 Å². The van der Waals surface area contributed by atoms with Crippen LogP contribution < -0.4 is 5.32 Å². The minimum Gasteiger partial charge on any atom is -0.322 e. The molecular formula is C30H29ClN2OS. The fourth-order valence-corrected chi connectivity index (χ4v) is 6.25. The third-order valence-electron chi connectivity index (χ3n) is 6.94. The number of benzene rings is 3. The Morgan fingerprint density at radius 2 is 1.80 bits per heavy atom. The molecule has 5 heteroatoms. The van der Waals surface area contributed by atoms with Crippen LogP contribution in [0.4, 0.5) is 10.7 Å². The SMILES string of the molecule is CC(C)(C)[C@H]1CCc2c(sc(N=Cc3cccc4ccccc34)c2C(=O)Nc2ccc(Cl)cc2)C1. The van der Waals surface area contributed by atoms with E-state index in [1.807, 2.05) is 36.5 Å². The molecule has 3 nitrogen and oxygen atoms in total. The molecule has 0 radical (unpaired) electrons. The number of fused-ring (bicyclic) bond motifs is 2. The number of carbonyl (C=O) groups excluding carboxylic acids is 1. The Morgan fingerprint density at radius 3 is 2.57 bits per heavy atom. The molecule has 0 saturated heterocycles. The van der Waals surface area contributed by atoms with Crippen molar-refractivity contribution in [3.05, 3.63) is 93.3 Å². The molecule has 0 fully saturated rings. The minimum absolute atomic E-state index is 0.107. The quantitative estimate of drug-likeness (QED) is 0.280. The molecule has 0 unspecified atom stereocenters. The number of carbonyl (C=O) groups is 1. The van der Waals surface area contributed by atoms with Crippen LogP contribution in [-0.4, -0.2) is 12.1 Å². The first-order valence-corrected chi connectivity index (χ1v) is 13.2. The smallest absolute Gasteiger partial charge is 0.259 e. The van der Waals surface area contributed by atoms with Gasteiger partial charge >= 0.3 is 0 Å². The largest absolute Gasteiger partial charge is 0.322 e. The highest BCUT2D eigenvalue weighted by Gasteiger charge is 2.33. The van der Waals surface area contributed by atoms with Gasteiger partial charge in [-0.1, -0.05) is 74.8 Å². The zero-order valence-electron chi connectivity index (χ0n) is 20.3. The van der Waals surface area contributed by atoms with Crippen molar-refractivity contribution in [3.63, 3.8) is 0 Å². The summed E-state index contributed by atoms with van der Waals surface area (Å²) in [5.41, 5.74) is 3.88. The molecule has 4 aromatic rings. The fourth-order valence-electron chi connectivity index (χ4n) is 4.85. The van der Waals surface area contributed by atoms with Crippen molar-refractivity contribution in [2.45, 2.75) is 40.0 Å². The summed E-state index contributed by atoms with van der Waals surface area (Å²) in [7, 11) is 0. The predicted molar refractivity (Wildman–Crippen MR) is 150 cm³/mol. The van der Waals surface area contributed by atoms with E-state index in [1.165, 1.54) is 10.3 Å². The number of anilines is 1. The second kappa shape index (κ2) is 9.60. The number of aliphatic imine (C=N–C) groups is 1. The van der Waals surface area contributed by atoms with Crippen LogP contribution in [0.2, 0.25) is 5.02 Å². The summed E-state index contributed by atoms with van der Waals surface area (Å²) < 4.78 is 0. The lowest BCUT2D eigenvalue weighted by atomic mass is 9.72. The highest BCUT2D eigenvalue weighted by Crippen LogP contribution is 2.45. The van der Waals surface area contributed by atoms with E-state index in [0.717, 1.165) is 46.5 Å². The second-order valence-electron chi connectivity index (χ2n) is 10.3. The first-order chi connectivity index (χ1) is 16.8. The number of rotatable bonds is 4. The van der Waals surface area contributed by atoms with Crippen LogP contribution in [0.15, 0.2) is 71.7 Å². The fraction of sp³-hybridized carbons (Fsp3) is 0.267. The Balaban J connectivity index is 1.54. The van der Waals surface area contributed by atoms with E-state index in [-0.39, 0.29) is 11.3 Å². The Labute approximate surface area is 215 Å². The second-order valence-corrected chi connectivity index (χ2v) is 11.8. The van der Waals surface area contributed by atoms with Crippen LogP contribution in [0.3, 0.4) is 0 Å². The van der Waals surface area contributed by atoms with Crippen LogP contribution >= 0.6 is 22.9 Å². The molecule has 178 valence electrons. The van der Waals surface area contributed by atoms with E-state index in [4.69, 9.17) is 16.6 Å². The van der Waals surface area contributed by atoms with Crippen LogP contribution in [0.25, 0.3) is 10.8 Å². The van der Waals surface area contributed by atoms with Gasteiger partial charge in [0.05, 0.1) is 5.56 Å². The molecular weight excluding hydrogens is 472 g/mol. The molecule has 0 bridgehead atoms. The normalized spacial score (nSPS) is 15.9. The molecule has 0 aliphatic heterocycles. The number of thiophene rings is 1. The van der Waals surface area contributed by atoms with Gasteiger partial charge in [0, 0.05) is 27.4 Å². The molecule has 1 aliphatic carbocycles. The third kappa shape index (κ3) is 5.05. The van der Waals surface area contributed by atoms with Crippen molar-refractivity contribution in [3.8, 4) is 0 Å². The van der Waals surface area contributed by atoms with Gasteiger partial charge in [-0.25, -0.2) is 4.99 Å². The molecule has 1 N–H and O–H groups in total. The van der Waals surface area contributed by atoms with Crippen LogP contribution in [0.5, 0.6) is 0 Å². The van der Waals surface area contributed by atoms with Gasteiger partial charge in [-0.2, -0.15) is 0 Å². The lowest BCUT2D eigenvalue weighted by Crippen LogP contribution is -2.27. The molecule has 1 aliphatic rings. The first-order valence-electron chi connectivity index (χ1n) is 12.0. The average molecular weight is 501 g/mol. The molecule has 1 amide bonds. The number of halogens is 1. The molecule has 1 atom stereocenters. The van der Waals surface area contributed by atoms with E-state index in [2.05, 4.69) is 50.4 Å². The average Bonchev–Trinajstić information content (AvgIpc) is 3.21. The minimum atomic E-state index is -0.107. The zero-order valence-corrected chi connectivity index (χ0v) is 21.8. The van der Waals surface area contributed by atoms with Crippen LogP contribution in [0.1, 0.15) is 53.6 Å². The Kier molecular flexibility index (Phi) is 6.52. The number of hydrogen-bond donors (Lipinski definition) is 1. The molecule has 35 heavy (non-hydrogen) atoms. The van der Waals surface area contributed by atoms with Gasteiger partial charge < -0.3 is 5.32 Å². The molecule has 0 spiro atoms. The maximum Gasteiger partial charge on any atom is 0.259 e. The van der Waals surface area contributed by atoms with Crippen LogP contribution in [-0.2, 0) is 12.8 Å². The number of hydrogen-bond acceptors (Lipinski definition) is 3. The first kappa shape index (κ1) is 23.8. The van der Waals surface area contributed by atoms with Gasteiger partial charge in [0.25, 0.3) is 5.91 Å².